The summed E-state index contributed by atoms with van der Waals surface area (Å²) in [4.78, 5) is 17.9. The van der Waals surface area contributed by atoms with E-state index in [-0.39, 0.29) is 11.7 Å². The van der Waals surface area contributed by atoms with Crippen LogP contribution in [0.5, 0.6) is 0 Å². The second-order valence-corrected chi connectivity index (χ2v) is 8.52. The number of benzene rings is 1. The zero-order valence-corrected chi connectivity index (χ0v) is 16.7. The van der Waals surface area contributed by atoms with Crippen LogP contribution >= 0.6 is 0 Å². The van der Waals surface area contributed by atoms with Crippen LogP contribution in [0.1, 0.15) is 43.5 Å². The fourth-order valence-corrected chi connectivity index (χ4v) is 4.22. The van der Waals surface area contributed by atoms with Crippen molar-refractivity contribution >= 4 is 5.91 Å². The normalized spacial score (nSPS) is 21.1. The lowest BCUT2D eigenvalue weighted by molar-refractivity contribution is 0.0705. The molecule has 1 aromatic heterocycles. The van der Waals surface area contributed by atoms with E-state index in [1.165, 1.54) is 25.0 Å². The van der Waals surface area contributed by atoms with E-state index in [0.29, 0.717) is 28.8 Å². The average molecular weight is 384 g/mol. The molecule has 150 valence electrons. The molecule has 1 N–H and O–H groups in total. The maximum Gasteiger partial charge on any atom is 0.257 e. The summed E-state index contributed by atoms with van der Waals surface area (Å²) in [5, 5.41) is 6.97. The van der Waals surface area contributed by atoms with Crippen LogP contribution in [0.4, 0.5) is 4.39 Å². The molecule has 1 aliphatic carbocycles. The molecule has 2 heterocycles. The Kier molecular flexibility index (Phi) is 5.49. The van der Waals surface area contributed by atoms with Crippen molar-refractivity contribution in [2.45, 2.75) is 39.2 Å². The maximum absolute atomic E-state index is 13.7. The second-order valence-electron chi connectivity index (χ2n) is 8.52. The van der Waals surface area contributed by atoms with Gasteiger partial charge in [-0.05, 0) is 43.2 Å². The first-order valence-electron chi connectivity index (χ1n) is 10.4. The highest BCUT2D eigenvalue weighted by molar-refractivity contribution is 5.99. The Labute approximate surface area is 165 Å². The number of hydrogen-bond acceptors (Lipinski definition) is 3. The van der Waals surface area contributed by atoms with Crippen LogP contribution in [0.3, 0.4) is 0 Å². The van der Waals surface area contributed by atoms with E-state index in [1.807, 2.05) is 4.90 Å². The summed E-state index contributed by atoms with van der Waals surface area (Å²) in [6.07, 6.45) is 5.24. The minimum absolute atomic E-state index is 0.0214. The Bertz CT molecular complexity index is 829. The van der Waals surface area contributed by atoms with Gasteiger partial charge in [-0.1, -0.05) is 26.0 Å². The summed E-state index contributed by atoms with van der Waals surface area (Å²) in [5.74, 6) is 0.985. The molecule has 6 heteroatoms. The maximum atomic E-state index is 13.7. The van der Waals surface area contributed by atoms with Gasteiger partial charge in [0, 0.05) is 37.8 Å². The predicted octanol–water partition coefficient (Wildman–Crippen LogP) is 3.80. The number of aromatic amines is 1. The number of nitrogens with one attached hydrogen (secondary N) is 1. The van der Waals surface area contributed by atoms with Gasteiger partial charge in [0.1, 0.15) is 5.82 Å². The predicted molar refractivity (Wildman–Crippen MR) is 107 cm³/mol. The van der Waals surface area contributed by atoms with Crippen LogP contribution in [-0.4, -0.2) is 58.1 Å². The van der Waals surface area contributed by atoms with E-state index >= 15 is 0 Å². The summed E-state index contributed by atoms with van der Waals surface area (Å²) in [6.45, 7) is 8.17. The van der Waals surface area contributed by atoms with Crippen LogP contribution in [0.2, 0.25) is 0 Å². The molecule has 2 aliphatic rings. The second kappa shape index (κ2) is 8.03. The van der Waals surface area contributed by atoms with Crippen molar-refractivity contribution in [3.8, 4) is 11.3 Å². The van der Waals surface area contributed by atoms with Crippen LogP contribution < -0.4 is 0 Å². The van der Waals surface area contributed by atoms with Crippen molar-refractivity contribution in [1.82, 2.24) is 20.0 Å². The number of halogens is 1. The summed E-state index contributed by atoms with van der Waals surface area (Å²) in [6, 6.07) is 6.65. The first kappa shape index (κ1) is 19.1. The van der Waals surface area contributed by atoms with Crippen molar-refractivity contribution < 1.29 is 9.18 Å². The summed E-state index contributed by atoms with van der Waals surface area (Å²) in [5.41, 5.74) is 1.75. The molecule has 0 spiro atoms. The molecule has 2 fully saturated rings. The first-order valence-corrected chi connectivity index (χ1v) is 10.4. The zero-order chi connectivity index (χ0) is 19.7. The highest BCUT2D eigenvalue weighted by Gasteiger charge is 2.34. The summed E-state index contributed by atoms with van der Waals surface area (Å²) < 4.78 is 13.7. The van der Waals surface area contributed by atoms with Crippen LogP contribution in [0.25, 0.3) is 11.3 Å². The van der Waals surface area contributed by atoms with Gasteiger partial charge >= 0.3 is 0 Å². The SMILES string of the molecule is CC(C)[C@H]1CN(C(=O)c2cn[nH]c2-c2cccc(F)c2)CCCN1CC1CC1. The molecule has 28 heavy (non-hydrogen) atoms. The number of rotatable bonds is 5. The Morgan fingerprint density at radius 1 is 1.32 bits per heavy atom. The molecule has 1 saturated carbocycles. The molecular weight excluding hydrogens is 355 g/mol. The number of carbonyl (C=O) groups is 1. The Morgan fingerprint density at radius 3 is 2.86 bits per heavy atom. The lowest BCUT2D eigenvalue weighted by Crippen LogP contribution is -2.46. The van der Waals surface area contributed by atoms with E-state index < -0.39 is 0 Å². The van der Waals surface area contributed by atoms with Crippen LogP contribution in [-0.2, 0) is 0 Å². The highest BCUT2D eigenvalue weighted by Crippen LogP contribution is 2.32. The fourth-order valence-electron chi connectivity index (χ4n) is 4.22. The number of nitrogens with zero attached hydrogens (tertiary/aromatic N) is 3. The molecule has 0 unspecified atom stereocenters. The van der Waals surface area contributed by atoms with Gasteiger partial charge in [-0.3, -0.25) is 14.8 Å². The van der Waals surface area contributed by atoms with Gasteiger partial charge in [0.2, 0.25) is 0 Å². The number of aromatic nitrogens is 2. The molecule has 1 aromatic carbocycles. The molecule has 4 rings (SSSR count). The highest BCUT2D eigenvalue weighted by atomic mass is 19.1. The van der Waals surface area contributed by atoms with Crippen LogP contribution in [0, 0.1) is 17.7 Å². The van der Waals surface area contributed by atoms with Crippen LogP contribution in [0.15, 0.2) is 30.5 Å². The third-order valence-electron chi connectivity index (χ3n) is 5.98. The van der Waals surface area contributed by atoms with Gasteiger partial charge in [0.05, 0.1) is 17.5 Å². The molecule has 0 bridgehead atoms. The molecule has 1 saturated heterocycles. The molecular formula is C22H29FN4O. The third kappa shape index (κ3) is 4.12. The van der Waals surface area contributed by atoms with Crippen molar-refractivity contribution in [1.29, 1.82) is 0 Å². The van der Waals surface area contributed by atoms with Gasteiger partial charge in [0.15, 0.2) is 0 Å². The fraction of sp³-hybridized carbons (Fsp3) is 0.545. The number of amides is 1. The van der Waals surface area contributed by atoms with Crippen molar-refractivity contribution in [3.05, 3.63) is 41.8 Å². The Hall–Kier alpha value is -2.21. The number of hydrogen-bond donors (Lipinski definition) is 1. The molecule has 1 amide bonds. The molecule has 2 aromatic rings. The minimum atomic E-state index is -0.323. The number of H-pyrrole nitrogens is 1. The number of carbonyl (C=O) groups excluding carboxylic acids is 1. The molecule has 0 radical (unpaired) electrons. The largest absolute Gasteiger partial charge is 0.337 e. The first-order chi connectivity index (χ1) is 13.5. The molecule has 1 aliphatic heterocycles. The van der Waals surface area contributed by atoms with Crippen molar-refractivity contribution in [3.63, 3.8) is 0 Å². The van der Waals surface area contributed by atoms with Crippen molar-refractivity contribution in [2.75, 3.05) is 26.2 Å². The third-order valence-corrected chi connectivity index (χ3v) is 5.98. The van der Waals surface area contributed by atoms with Gasteiger partial charge in [-0.15, -0.1) is 0 Å². The zero-order valence-electron chi connectivity index (χ0n) is 16.7. The van der Waals surface area contributed by atoms with E-state index in [1.54, 1.807) is 18.3 Å². The summed E-state index contributed by atoms with van der Waals surface area (Å²) >= 11 is 0. The Morgan fingerprint density at radius 2 is 2.14 bits per heavy atom. The van der Waals surface area contributed by atoms with E-state index in [2.05, 4.69) is 28.9 Å². The van der Waals surface area contributed by atoms with E-state index in [9.17, 15) is 9.18 Å². The summed E-state index contributed by atoms with van der Waals surface area (Å²) in [7, 11) is 0. The molecule has 5 nitrogen and oxygen atoms in total. The smallest absolute Gasteiger partial charge is 0.257 e. The standard InChI is InChI=1S/C22H29FN4O/c1-15(2)20-14-27(10-4-9-26(20)13-16-7-8-16)22(28)19-12-24-25-21(19)17-5-3-6-18(23)11-17/h3,5-6,11-12,15-16,20H,4,7-10,13-14H2,1-2H3,(H,24,25)/t20-/m1/s1. The van der Waals surface area contributed by atoms with Crippen molar-refractivity contribution in [2.24, 2.45) is 11.8 Å². The van der Waals surface area contributed by atoms with E-state index in [0.717, 1.165) is 38.5 Å². The van der Waals surface area contributed by atoms with Gasteiger partial charge in [-0.25, -0.2) is 4.39 Å². The lowest BCUT2D eigenvalue weighted by Gasteiger charge is -2.34. The quantitative estimate of drug-likeness (QED) is 0.853. The topological polar surface area (TPSA) is 52.2 Å². The average Bonchev–Trinajstić information content (AvgIpc) is 3.40. The van der Waals surface area contributed by atoms with E-state index in [4.69, 9.17) is 0 Å². The van der Waals surface area contributed by atoms with Gasteiger partial charge < -0.3 is 4.90 Å². The Balaban J connectivity index is 1.55. The van der Waals surface area contributed by atoms with Gasteiger partial charge in [-0.2, -0.15) is 5.10 Å². The monoisotopic (exact) mass is 384 g/mol. The minimum Gasteiger partial charge on any atom is -0.337 e. The lowest BCUT2D eigenvalue weighted by atomic mass is 10.0. The van der Waals surface area contributed by atoms with Gasteiger partial charge in [0.25, 0.3) is 5.91 Å². The molecule has 1 atom stereocenters.